The molecule has 3 rings (SSSR count). The summed E-state index contributed by atoms with van der Waals surface area (Å²) >= 11 is 0. The van der Waals surface area contributed by atoms with Gasteiger partial charge in [0.2, 0.25) is 6.41 Å². The molecule has 0 aromatic heterocycles. The number of carbonyl (C=O) groups is 3. The number of aryl methyl sites for hydroxylation is 2. The molecule has 1 fully saturated rings. The molecule has 1 aliphatic rings. The Morgan fingerprint density at radius 1 is 0.926 bits per heavy atom. The fraction of sp³-hybridized carbons (Fsp3) is 0.286. The zero-order valence-corrected chi connectivity index (χ0v) is 15.6. The number of hydrogen-bond donors (Lipinski definition) is 1. The molecule has 2 aromatic carbocycles. The van der Waals surface area contributed by atoms with Crippen molar-refractivity contribution in [2.75, 3.05) is 31.5 Å². The van der Waals surface area contributed by atoms with Crippen molar-refractivity contribution in [3.05, 3.63) is 64.7 Å². The first-order valence-corrected chi connectivity index (χ1v) is 8.95. The predicted octanol–water partition coefficient (Wildman–Crippen LogP) is 2.47. The number of anilines is 1. The van der Waals surface area contributed by atoms with Gasteiger partial charge in [-0.15, -0.1) is 0 Å². The molecule has 0 saturated carbocycles. The molecule has 0 atom stereocenters. The minimum Gasteiger partial charge on any atom is -0.342 e. The van der Waals surface area contributed by atoms with Crippen LogP contribution in [0.4, 0.5) is 5.69 Å². The van der Waals surface area contributed by atoms with Gasteiger partial charge in [-0.3, -0.25) is 14.4 Å². The number of piperazine rings is 1. The highest BCUT2D eigenvalue weighted by Crippen LogP contribution is 2.18. The minimum atomic E-state index is -0.206. The molecule has 0 aliphatic carbocycles. The first-order valence-electron chi connectivity index (χ1n) is 8.95. The van der Waals surface area contributed by atoms with Gasteiger partial charge in [0.25, 0.3) is 11.8 Å². The van der Waals surface area contributed by atoms with Crippen molar-refractivity contribution in [2.24, 2.45) is 0 Å². The third kappa shape index (κ3) is 4.34. The molecule has 1 aliphatic heterocycles. The molecule has 140 valence electrons. The van der Waals surface area contributed by atoms with Crippen LogP contribution in [0.3, 0.4) is 0 Å². The van der Waals surface area contributed by atoms with Gasteiger partial charge in [-0.25, -0.2) is 0 Å². The summed E-state index contributed by atoms with van der Waals surface area (Å²) in [5.41, 5.74) is 3.89. The van der Waals surface area contributed by atoms with E-state index in [0.717, 1.165) is 23.2 Å². The van der Waals surface area contributed by atoms with Gasteiger partial charge in [-0.05, 0) is 55.3 Å². The van der Waals surface area contributed by atoms with Crippen molar-refractivity contribution in [1.82, 2.24) is 9.80 Å². The zero-order chi connectivity index (χ0) is 19.4. The lowest BCUT2D eigenvalue weighted by molar-refractivity contribution is -0.119. The van der Waals surface area contributed by atoms with E-state index < -0.39 is 0 Å². The highest BCUT2D eigenvalue weighted by molar-refractivity contribution is 6.05. The number of benzene rings is 2. The highest BCUT2D eigenvalue weighted by Gasteiger charge is 2.21. The summed E-state index contributed by atoms with van der Waals surface area (Å²) in [5, 5.41) is 2.92. The Hall–Kier alpha value is -3.15. The van der Waals surface area contributed by atoms with Gasteiger partial charge < -0.3 is 15.1 Å². The zero-order valence-electron chi connectivity index (χ0n) is 15.6. The second-order valence-corrected chi connectivity index (χ2v) is 6.78. The number of amides is 3. The Kier molecular flexibility index (Phi) is 5.54. The lowest BCUT2D eigenvalue weighted by atomic mass is 10.1. The fourth-order valence-corrected chi connectivity index (χ4v) is 3.04. The summed E-state index contributed by atoms with van der Waals surface area (Å²) in [7, 11) is 0. The third-order valence-electron chi connectivity index (χ3n) is 4.79. The van der Waals surface area contributed by atoms with Crippen LogP contribution in [-0.4, -0.2) is 54.2 Å². The number of rotatable bonds is 4. The van der Waals surface area contributed by atoms with E-state index in [1.807, 2.05) is 32.0 Å². The lowest BCUT2D eigenvalue weighted by Gasteiger charge is -2.32. The second kappa shape index (κ2) is 8.03. The van der Waals surface area contributed by atoms with Crippen molar-refractivity contribution in [3.8, 4) is 0 Å². The quantitative estimate of drug-likeness (QED) is 0.846. The standard InChI is InChI=1S/C21H23N3O3/c1-15-3-4-16(2)19(13-15)22-20(26)17-5-7-18(8-6-17)21(27)24-11-9-23(14-25)10-12-24/h3-8,13-14H,9-12H2,1-2H3,(H,22,26). The highest BCUT2D eigenvalue weighted by atomic mass is 16.2. The van der Waals surface area contributed by atoms with Crippen LogP contribution in [0.1, 0.15) is 31.8 Å². The summed E-state index contributed by atoms with van der Waals surface area (Å²) in [6.07, 6.45) is 0.811. The molecule has 0 unspecified atom stereocenters. The van der Waals surface area contributed by atoms with Gasteiger partial charge >= 0.3 is 0 Å². The van der Waals surface area contributed by atoms with Gasteiger partial charge in [-0.2, -0.15) is 0 Å². The summed E-state index contributed by atoms with van der Waals surface area (Å²) in [6, 6.07) is 12.6. The molecule has 3 amide bonds. The van der Waals surface area contributed by atoms with E-state index >= 15 is 0 Å². The third-order valence-corrected chi connectivity index (χ3v) is 4.79. The topological polar surface area (TPSA) is 69.7 Å². The Balaban J connectivity index is 1.66. The Bertz CT molecular complexity index is 853. The minimum absolute atomic E-state index is 0.0814. The monoisotopic (exact) mass is 365 g/mol. The van der Waals surface area contributed by atoms with Crippen molar-refractivity contribution < 1.29 is 14.4 Å². The van der Waals surface area contributed by atoms with Gasteiger partial charge in [0, 0.05) is 43.0 Å². The largest absolute Gasteiger partial charge is 0.342 e. The molecular weight excluding hydrogens is 342 g/mol. The van der Waals surface area contributed by atoms with E-state index in [1.54, 1.807) is 34.1 Å². The van der Waals surface area contributed by atoms with E-state index in [4.69, 9.17) is 0 Å². The molecule has 1 N–H and O–H groups in total. The van der Waals surface area contributed by atoms with E-state index in [0.29, 0.717) is 37.3 Å². The Labute approximate surface area is 158 Å². The second-order valence-electron chi connectivity index (χ2n) is 6.78. The van der Waals surface area contributed by atoms with E-state index in [-0.39, 0.29) is 11.8 Å². The molecule has 0 spiro atoms. The summed E-state index contributed by atoms with van der Waals surface area (Å²) in [6.45, 7) is 6.06. The van der Waals surface area contributed by atoms with Crippen LogP contribution in [0.15, 0.2) is 42.5 Å². The van der Waals surface area contributed by atoms with E-state index in [9.17, 15) is 14.4 Å². The maximum absolute atomic E-state index is 12.6. The average molecular weight is 365 g/mol. The van der Waals surface area contributed by atoms with Crippen LogP contribution >= 0.6 is 0 Å². The summed E-state index contributed by atoms with van der Waals surface area (Å²) < 4.78 is 0. The van der Waals surface area contributed by atoms with Gasteiger partial charge in [0.15, 0.2) is 0 Å². The van der Waals surface area contributed by atoms with Gasteiger partial charge in [-0.1, -0.05) is 12.1 Å². The van der Waals surface area contributed by atoms with Crippen molar-refractivity contribution in [3.63, 3.8) is 0 Å². The normalized spacial score (nSPS) is 14.0. The summed E-state index contributed by atoms with van der Waals surface area (Å²) in [4.78, 5) is 39.2. The molecular formula is C21H23N3O3. The Morgan fingerprint density at radius 2 is 1.56 bits per heavy atom. The molecule has 0 bridgehead atoms. The first kappa shape index (κ1) is 18.6. The Morgan fingerprint density at radius 3 is 2.19 bits per heavy atom. The number of nitrogens with one attached hydrogen (secondary N) is 1. The molecule has 1 saturated heterocycles. The SMILES string of the molecule is Cc1ccc(C)c(NC(=O)c2ccc(C(=O)N3CCN(C=O)CC3)cc2)c1. The van der Waals surface area contributed by atoms with Crippen LogP contribution in [0.25, 0.3) is 0 Å². The molecule has 6 heteroatoms. The van der Waals surface area contributed by atoms with Crippen LogP contribution in [-0.2, 0) is 4.79 Å². The maximum Gasteiger partial charge on any atom is 0.255 e. The van der Waals surface area contributed by atoms with E-state index in [2.05, 4.69) is 5.32 Å². The fourth-order valence-electron chi connectivity index (χ4n) is 3.04. The number of carbonyl (C=O) groups excluding carboxylic acids is 3. The first-order chi connectivity index (χ1) is 13.0. The van der Waals surface area contributed by atoms with Crippen molar-refractivity contribution >= 4 is 23.9 Å². The maximum atomic E-state index is 12.6. The number of nitrogens with zero attached hydrogens (tertiary/aromatic N) is 2. The molecule has 2 aromatic rings. The van der Waals surface area contributed by atoms with Gasteiger partial charge in [0.05, 0.1) is 0 Å². The summed E-state index contributed by atoms with van der Waals surface area (Å²) in [5.74, 6) is -0.288. The van der Waals surface area contributed by atoms with Crippen molar-refractivity contribution in [1.29, 1.82) is 0 Å². The molecule has 0 radical (unpaired) electrons. The van der Waals surface area contributed by atoms with Crippen LogP contribution in [0, 0.1) is 13.8 Å². The molecule has 1 heterocycles. The molecule has 27 heavy (non-hydrogen) atoms. The van der Waals surface area contributed by atoms with E-state index in [1.165, 1.54) is 0 Å². The lowest BCUT2D eigenvalue weighted by Crippen LogP contribution is -2.48. The van der Waals surface area contributed by atoms with Gasteiger partial charge in [0.1, 0.15) is 0 Å². The average Bonchev–Trinajstić information content (AvgIpc) is 2.70. The number of hydrogen-bond acceptors (Lipinski definition) is 3. The smallest absolute Gasteiger partial charge is 0.255 e. The predicted molar refractivity (Wildman–Crippen MR) is 104 cm³/mol. The van der Waals surface area contributed by atoms with Crippen molar-refractivity contribution in [2.45, 2.75) is 13.8 Å². The van der Waals surface area contributed by atoms with Crippen LogP contribution in [0.5, 0.6) is 0 Å². The van der Waals surface area contributed by atoms with Crippen LogP contribution in [0.2, 0.25) is 0 Å². The molecule has 6 nitrogen and oxygen atoms in total. The van der Waals surface area contributed by atoms with Crippen LogP contribution < -0.4 is 5.32 Å².